The number of oxazole rings is 1. The summed E-state index contributed by atoms with van der Waals surface area (Å²) >= 11 is 3.19. The third kappa shape index (κ3) is 2.52. The molecule has 1 unspecified atom stereocenters. The second-order valence-corrected chi connectivity index (χ2v) is 5.49. The van der Waals surface area contributed by atoms with E-state index in [1.807, 2.05) is 6.07 Å². The number of aromatic nitrogens is 1. The summed E-state index contributed by atoms with van der Waals surface area (Å²) in [5.41, 5.74) is 2.40. The second-order valence-electron chi connectivity index (χ2n) is 4.63. The fraction of sp³-hybridized carbons (Fsp3) is 0.133. The number of hydrogen-bond donors (Lipinski definition) is 2. The summed E-state index contributed by atoms with van der Waals surface area (Å²) < 4.78 is 19.7. The van der Waals surface area contributed by atoms with Gasteiger partial charge in [0.15, 0.2) is 5.58 Å². The van der Waals surface area contributed by atoms with Crippen molar-refractivity contribution in [2.45, 2.75) is 6.04 Å². The molecule has 0 aliphatic heterocycles. The van der Waals surface area contributed by atoms with Gasteiger partial charge in [0, 0.05) is 5.56 Å². The lowest BCUT2D eigenvalue weighted by Gasteiger charge is -2.18. The molecule has 6 heteroatoms. The summed E-state index contributed by atoms with van der Waals surface area (Å²) in [6.45, 7) is 0. The fourth-order valence-electron chi connectivity index (χ4n) is 2.39. The van der Waals surface area contributed by atoms with Gasteiger partial charge < -0.3 is 9.73 Å². The normalized spacial score (nSPS) is 12.7. The Morgan fingerprint density at radius 1 is 1.33 bits per heavy atom. The van der Waals surface area contributed by atoms with Crippen LogP contribution < -0.4 is 11.1 Å². The minimum absolute atomic E-state index is 0.313. The number of aromatic amines is 1. The monoisotopic (exact) mass is 350 g/mol. The van der Waals surface area contributed by atoms with Crippen LogP contribution in [-0.2, 0) is 0 Å². The number of rotatable bonds is 3. The van der Waals surface area contributed by atoms with Crippen LogP contribution in [0.2, 0.25) is 0 Å². The zero-order valence-corrected chi connectivity index (χ0v) is 12.7. The Morgan fingerprint density at radius 2 is 2.14 bits per heavy atom. The maximum Gasteiger partial charge on any atom is 0.417 e. The number of hydrogen-bond acceptors (Lipinski definition) is 3. The smallest absolute Gasteiger partial charge is 0.408 e. The minimum Gasteiger partial charge on any atom is -0.408 e. The lowest BCUT2D eigenvalue weighted by Crippen LogP contribution is -2.19. The molecule has 4 nitrogen and oxygen atoms in total. The summed E-state index contributed by atoms with van der Waals surface area (Å²) in [5.74, 6) is -0.815. The number of benzene rings is 2. The SMILES string of the molecule is CNC(c1ccc2[nH]c(=O)oc2c1)c1cccc(Br)c1F. The van der Waals surface area contributed by atoms with Crippen LogP contribution in [0.1, 0.15) is 17.2 Å². The molecular weight excluding hydrogens is 339 g/mol. The Bertz CT molecular complexity index is 856. The predicted octanol–water partition coefficient (Wildman–Crippen LogP) is 3.33. The van der Waals surface area contributed by atoms with Gasteiger partial charge in [-0.1, -0.05) is 18.2 Å². The van der Waals surface area contributed by atoms with Crippen LogP contribution in [0.3, 0.4) is 0 Å². The molecule has 21 heavy (non-hydrogen) atoms. The van der Waals surface area contributed by atoms with E-state index in [2.05, 4.69) is 26.2 Å². The summed E-state index contributed by atoms with van der Waals surface area (Å²) in [7, 11) is 1.75. The highest BCUT2D eigenvalue weighted by molar-refractivity contribution is 9.10. The average molecular weight is 351 g/mol. The van der Waals surface area contributed by atoms with E-state index >= 15 is 0 Å². The number of H-pyrrole nitrogens is 1. The van der Waals surface area contributed by atoms with Crippen LogP contribution in [0.15, 0.2) is 50.1 Å². The van der Waals surface area contributed by atoms with E-state index in [4.69, 9.17) is 4.42 Å². The molecule has 0 radical (unpaired) electrons. The first-order valence-electron chi connectivity index (χ1n) is 6.34. The highest BCUT2D eigenvalue weighted by Gasteiger charge is 2.18. The third-order valence-corrected chi connectivity index (χ3v) is 3.97. The maximum atomic E-state index is 14.3. The first-order valence-corrected chi connectivity index (χ1v) is 7.13. The van der Waals surface area contributed by atoms with E-state index in [0.29, 0.717) is 21.1 Å². The topological polar surface area (TPSA) is 58.0 Å². The lowest BCUT2D eigenvalue weighted by atomic mass is 9.98. The van der Waals surface area contributed by atoms with Gasteiger partial charge >= 0.3 is 5.76 Å². The molecule has 1 atom stereocenters. The predicted molar refractivity (Wildman–Crippen MR) is 81.8 cm³/mol. The van der Waals surface area contributed by atoms with Crippen molar-refractivity contribution in [2.75, 3.05) is 7.05 Å². The van der Waals surface area contributed by atoms with Crippen LogP contribution in [-0.4, -0.2) is 12.0 Å². The van der Waals surface area contributed by atoms with Gasteiger partial charge in [0.2, 0.25) is 0 Å². The molecule has 0 saturated carbocycles. The van der Waals surface area contributed by atoms with Gasteiger partial charge in [0.1, 0.15) is 5.82 Å². The van der Waals surface area contributed by atoms with Gasteiger partial charge in [-0.2, -0.15) is 0 Å². The van der Waals surface area contributed by atoms with Crippen molar-refractivity contribution >= 4 is 27.0 Å². The van der Waals surface area contributed by atoms with Crippen LogP contribution in [0.4, 0.5) is 4.39 Å². The van der Waals surface area contributed by atoms with Crippen molar-refractivity contribution < 1.29 is 8.81 Å². The summed E-state index contributed by atoms with van der Waals surface area (Å²) in [6, 6.07) is 10.1. The maximum absolute atomic E-state index is 14.3. The van der Waals surface area contributed by atoms with Crippen LogP contribution in [0.5, 0.6) is 0 Å². The van der Waals surface area contributed by atoms with Crippen molar-refractivity contribution in [2.24, 2.45) is 0 Å². The molecule has 3 aromatic rings. The highest BCUT2D eigenvalue weighted by Crippen LogP contribution is 2.29. The zero-order valence-electron chi connectivity index (χ0n) is 11.1. The van der Waals surface area contributed by atoms with Gasteiger partial charge in [-0.25, -0.2) is 9.18 Å². The first kappa shape index (κ1) is 14.0. The molecule has 2 aromatic carbocycles. The molecule has 0 spiro atoms. The van der Waals surface area contributed by atoms with Crippen LogP contribution >= 0.6 is 15.9 Å². The van der Waals surface area contributed by atoms with Gasteiger partial charge in [-0.05, 0) is 46.7 Å². The van der Waals surface area contributed by atoms with E-state index < -0.39 is 5.76 Å². The Morgan fingerprint density at radius 3 is 2.90 bits per heavy atom. The largest absolute Gasteiger partial charge is 0.417 e. The molecule has 2 N–H and O–H groups in total. The van der Waals surface area contributed by atoms with Gasteiger partial charge in [-0.3, -0.25) is 4.98 Å². The molecule has 1 aromatic heterocycles. The Labute approximate surface area is 128 Å². The Balaban J connectivity index is 2.13. The van der Waals surface area contributed by atoms with Crippen molar-refractivity contribution in [1.29, 1.82) is 0 Å². The van der Waals surface area contributed by atoms with Gasteiger partial charge in [0.05, 0.1) is 16.0 Å². The van der Waals surface area contributed by atoms with Crippen molar-refractivity contribution in [3.05, 3.63) is 68.4 Å². The van der Waals surface area contributed by atoms with E-state index in [1.165, 1.54) is 0 Å². The third-order valence-electron chi connectivity index (χ3n) is 3.36. The highest BCUT2D eigenvalue weighted by atomic mass is 79.9. The zero-order chi connectivity index (χ0) is 15.0. The van der Waals surface area contributed by atoms with Crippen molar-refractivity contribution in [3.8, 4) is 0 Å². The average Bonchev–Trinajstić information content (AvgIpc) is 2.83. The standard InChI is InChI=1S/C15H12BrFN2O2/c1-18-14(9-3-2-4-10(16)13(9)17)8-5-6-11-12(7-8)21-15(20)19-11/h2-7,14,18H,1H3,(H,19,20). The first-order chi connectivity index (χ1) is 10.1. The van der Waals surface area contributed by atoms with E-state index in [0.717, 1.165) is 5.56 Å². The molecule has 0 saturated heterocycles. The molecule has 0 amide bonds. The number of fused-ring (bicyclic) bond motifs is 1. The molecule has 3 rings (SSSR count). The van der Waals surface area contributed by atoms with Crippen molar-refractivity contribution in [3.63, 3.8) is 0 Å². The quantitative estimate of drug-likeness (QED) is 0.761. The number of halogens is 2. The number of nitrogens with one attached hydrogen (secondary N) is 2. The summed E-state index contributed by atoms with van der Waals surface area (Å²) in [4.78, 5) is 13.8. The Kier molecular flexibility index (Phi) is 3.65. The van der Waals surface area contributed by atoms with E-state index in [-0.39, 0.29) is 11.9 Å². The van der Waals surface area contributed by atoms with Gasteiger partial charge in [0.25, 0.3) is 0 Å². The summed E-state index contributed by atoms with van der Waals surface area (Å²) in [5, 5.41) is 3.08. The lowest BCUT2D eigenvalue weighted by molar-refractivity contribution is 0.552. The van der Waals surface area contributed by atoms with E-state index in [1.54, 1.807) is 37.4 Å². The molecule has 0 aliphatic rings. The summed E-state index contributed by atoms with van der Waals surface area (Å²) in [6.07, 6.45) is 0. The molecule has 0 aliphatic carbocycles. The molecule has 0 fully saturated rings. The Hall–Kier alpha value is -1.92. The van der Waals surface area contributed by atoms with Crippen LogP contribution in [0.25, 0.3) is 11.1 Å². The van der Waals surface area contributed by atoms with Crippen LogP contribution in [0, 0.1) is 5.82 Å². The minimum atomic E-state index is -0.503. The molecule has 0 bridgehead atoms. The molecule has 108 valence electrons. The molecular formula is C15H12BrFN2O2. The van der Waals surface area contributed by atoms with E-state index in [9.17, 15) is 9.18 Å². The van der Waals surface area contributed by atoms with Gasteiger partial charge in [-0.15, -0.1) is 0 Å². The fourth-order valence-corrected chi connectivity index (χ4v) is 2.77. The molecule has 1 heterocycles. The second kappa shape index (κ2) is 5.46. The van der Waals surface area contributed by atoms with Crippen molar-refractivity contribution in [1.82, 2.24) is 10.3 Å².